The van der Waals surface area contributed by atoms with Gasteiger partial charge in [0, 0.05) is 45.0 Å². The van der Waals surface area contributed by atoms with Gasteiger partial charge in [0.15, 0.2) is 0 Å². The van der Waals surface area contributed by atoms with Crippen LogP contribution in [-0.2, 0) is 24.1 Å². The van der Waals surface area contributed by atoms with Gasteiger partial charge in [0.05, 0.1) is 18.3 Å². The van der Waals surface area contributed by atoms with Crippen molar-refractivity contribution in [3.8, 4) is 0 Å². The fraction of sp³-hybridized carbons (Fsp3) is 0.556. The lowest BCUT2D eigenvalue weighted by Crippen LogP contribution is -2.41. The molecule has 5 heteroatoms. The molecule has 0 atom stereocenters. The van der Waals surface area contributed by atoms with E-state index in [1.165, 1.54) is 63.7 Å². The highest BCUT2D eigenvalue weighted by Gasteiger charge is 2.27. The standard InChI is InChI=1S/C27H36N4O/c1-28-27(32)18-24-7-8-26(19-29-24)31-14-10-21(11-15-31)22-6-5-20-9-13-30(25-3-2-4-25)16-12-23(20)17-22/h5-8,17,19,21,25H,2-4,9-16,18H2,1H3,(H,28,32). The van der Waals surface area contributed by atoms with Crippen LogP contribution in [0.5, 0.6) is 0 Å². The zero-order valence-corrected chi connectivity index (χ0v) is 19.4. The number of pyridine rings is 1. The summed E-state index contributed by atoms with van der Waals surface area (Å²) in [5.41, 5.74) is 6.71. The molecule has 32 heavy (non-hydrogen) atoms. The quantitative estimate of drug-likeness (QED) is 0.783. The third kappa shape index (κ3) is 4.68. The highest BCUT2D eigenvalue weighted by molar-refractivity contribution is 5.77. The van der Waals surface area contributed by atoms with Gasteiger partial charge < -0.3 is 10.2 Å². The second-order valence-corrected chi connectivity index (χ2v) is 9.77. The van der Waals surface area contributed by atoms with Gasteiger partial charge in [0.25, 0.3) is 0 Å². The largest absolute Gasteiger partial charge is 0.370 e. The molecule has 1 N–H and O–H groups in total. The molecule has 1 aromatic carbocycles. The maximum Gasteiger partial charge on any atom is 0.225 e. The van der Waals surface area contributed by atoms with Gasteiger partial charge in [-0.15, -0.1) is 0 Å². The van der Waals surface area contributed by atoms with E-state index in [2.05, 4.69) is 44.4 Å². The molecule has 0 unspecified atom stereocenters. The number of carbonyl (C=O) groups is 1. The summed E-state index contributed by atoms with van der Waals surface area (Å²) in [7, 11) is 1.66. The van der Waals surface area contributed by atoms with Crippen LogP contribution < -0.4 is 10.2 Å². The molecule has 170 valence electrons. The Kier molecular flexibility index (Phi) is 6.44. The van der Waals surface area contributed by atoms with Crippen LogP contribution in [0, 0.1) is 0 Å². The molecular weight excluding hydrogens is 396 g/mol. The molecule has 5 nitrogen and oxygen atoms in total. The fourth-order valence-electron chi connectivity index (χ4n) is 5.57. The van der Waals surface area contributed by atoms with Crippen molar-refractivity contribution < 1.29 is 4.79 Å². The van der Waals surface area contributed by atoms with E-state index in [1.807, 2.05) is 12.3 Å². The van der Waals surface area contributed by atoms with E-state index in [-0.39, 0.29) is 5.91 Å². The molecule has 2 aliphatic heterocycles. The average Bonchev–Trinajstić information content (AvgIpc) is 3.01. The number of aromatic nitrogens is 1. The maximum atomic E-state index is 11.5. The van der Waals surface area contributed by atoms with Crippen LogP contribution in [0.15, 0.2) is 36.5 Å². The lowest BCUT2D eigenvalue weighted by molar-refractivity contribution is -0.120. The number of amides is 1. The Morgan fingerprint density at radius 1 is 1.00 bits per heavy atom. The highest BCUT2D eigenvalue weighted by Crippen LogP contribution is 2.33. The highest BCUT2D eigenvalue weighted by atomic mass is 16.1. The van der Waals surface area contributed by atoms with Gasteiger partial charge in [0.2, 0.25) is 5.91 Å². The van der Waals surface area contributed by atoms with Crippen molar-refractivity contribution in [2.75, 3.05) is 38.1 Å². The van der Waals surface area contributed by atoms with Crippen LogP contribution in [0.4, 0.5) is 5.69 Å². The number of carbonyl (C=O) groups excluding carboxylic acids is 1. The number of hydrogen-bond donors (Lipinski definition) is 1. The van der Waals surface area contributed by atoms with E-state index in [1.54, 1.807) is 23.7 Å². The van der Waals surface area contributed by atoms with Gasteiger partial charge in [0.1, 0.15) is 0 Å². The zero-order chi connectivity index (χ0) is 21.9. The summed E-state index contributed by atoms with van der Waals surface area (Å²) in [4.78, 5) is 21.2. The van der Waals surface area contributed by atoms with Crippen molar-refractivity contribution >= 4 is 11.6 Å². The first kappa shape index (κ1) is 21.4. The smallest absolute Gasteiger partial charge is 0.225 e. The van der Waals surface area contributed by atoms with E-state index in [4.69, 9.17) is 0 Å². The maximum absolute atomic E-state index is 11.5. The van der Waals surface area contributed by atoms with Crippen LogP contribution in [0.2, 0.25) is 0 Å². The van der Waals surface area contributed by atoms with Crippen molar-refractivity contribution in [1.29, 1.82) is 0 Å². The van der Waals surface area contributed by atoms with E-state index >= 15 is 0 Å². The molecule has 3 aliphatic rings. The Labute approximate surface area is 192 Å². The van der Waals surface area contributed by atoms with Gasteiger partial charge in [-0.25, -0.2) is 0 Å². The number of nitrogens with one attached hydrogen (secondary N) is 1. The number of anilines is 1. The minimum Gasteiger partial charge on any atom is -0.370 e. The summed E-state index contributed by atoms with van der Waals surface area (Å²) < 4.78 is 0. The minimum absolute atomic E-state index is 0.00237. The van der Waals surface area contributed by atoms with Gasteiger partial charge in [-0.2, -0.15) is 0 Å². The van der Waals surface area contributed by atoms with Crippen molar-refractivity contribution in [2.45, 2.75) is 63.3 Å². The van der Waals surface area contributed by atoms with Gasteiger partial charge >= 0.3 is 0 Å². The predicted molar refractivity (Wildman–Crippen MR) is 129 cm³/mol. The summed E-state index contributed by atoms with van der Waals surface area (Å²) >= 11 is 0. The molecule has 0 spiro atoms. The molecule has 1 amide bonds. The molecule has 1 saturated carbocycles. The summed E-state index contributed by atoms with van der Waals surface area (Å²) in [6.45, 7) is 4.61. The summed E-state index contributed by atoms with van der Waals surface area (Å²) in [5, 5.41) is 2.65. The number of nitrogens with zero attached hydrogens (tertiary/aromatic N) is 3. The molecular formula is C27H36N4O. The van der Waals surface area contributed by atoms with Crippen molar-refractivity contribution in [3.05, 3.63) is 58.9 Å². The van der Waals surface area contributed by atoms with Crippen LogP contribution in [0.1, 0.15) is 60.4 Å². The second-order valence-electron chi connectivity index (χ2n) is 9.77. The fourth-order valence-corrected chi connectivity index (χ4v) is 5.57. The van der Waals surface area contributed by atoms with Crippen LogP contribution in [0.25, 0.3) is 0 Å². The molecule has 2 fully saturated rings. The number of hydrogen-bond acceptors (Lipinski definition) is 4. The van der Waals surface area contributed by atoms with E-state index in [9.17, 15) is 4.79 Å². The lowest BCUT2D eigenvalue weighted by Gasteiger charge is -2.36. The molecule has 2 aromatic rings. The number of likely N-dealkylation sites (N-methyl/N-ethyl adjacent to an activating group) is 1. The number of fused-ring (bicyclic) bond motifs is 1. The Morgan fingerprint density at radius 3 is 2.44 bits per heavy atom. The third-order valence-electron chi connectivity index (χ3n) is 7.92. The molecule has 3 heterocycles. The normalized spacial score (nSPS) is 20.3. The first-order chi connectivity index (χ1) is 15.7. The number of rotatable bonds is 5. The monoisotopic (exact) mass is 432 g/mol. The summed E-state index contributed by atoms with van der Waals surface area (Å²) in [6.07, 6.45) is 11.3. The molecule has 1 saturated heterocycles. The molecule has 0 radical (unpaired) electrons. The van der Waals surface area contributed by atoms with Gasteiger partial charge in [-0.05, 0) is 73.3 Å². The third-order valence-corrected chi connectivity index (χ3v) is 7.92. The number of benzene rings is 1. The minimum atomic E-state index is 0.00237. The molecule has 5 rings (SSSR count). The van der Waals surface area contributed by atoms with Crippen LogP contribution in [-0.4, -0.2) is 55.1 Å². The van der Waals surface area contributed by atoms with Gasteiger partial charge in [-0.1, -0.05) is 24.6 Å². The predicted octanol–water partition coefficient (Wildman–Crippen LogP) is 3.71. The first-order valence-electron chi connectivity index (χ1n) is 12.5. The Hall–Kier alpha value is -2.40. The van der Waals surface area contributed by atoms with E-state index in [0.717, 1.165) is 24.8 Å². The summed E-state index contributed by atoms with van der Waals surface area (Å²) in [5.74, 6) is 0.658. The number of piperidine rings is 1. The summed E-state index contributed by atoms with van der Waals surface area (Å²) in [6, 6.07) is 12.3. The first-order valence-corrected chi connectivity index (χ1v) is 12.5. The Bertz CT molecular complexity index is 929. The lowest BCUT2D eigenvalue weighted by atomic mass is 9.86. The topological polar surface area (TPSA) is 48.5 Å². The van der Waals surface area contributed by atoms with Crippen LogP contribution in [0.3, 0.4) is 0 Å². The molecule has 1 aliphatic carbocycles. The zero-order valence-electron chi connectivity index (χ0n) is 19.4. The molecule has 0 bridgehead atoms. The SMILES string of the molecule is CNC(=O)Cc1ccc(N2CCC(c3ccc4c(c3)CCN(C3CCC3)CC4)CC2)cn1. The Morgan fingerprint density at radius 2 is 1.78 bits per heavy atom. The van der Waals surface area contributed by atoms with E-state index in [0.29, 0.717) is 12.3 Å². The van der Waals surface area contributed by atoms with E-state index < -0.39 is 0 Å². The van der Waals surface area contributed by atoms with Gasteiger partial charge in [-0.3, -0.25) is 14.7 Å². The molecule has 1 aromatic heterocycles. The van der Waals surface area contributed by atoms with Crippen molar-refractivity contribution in [1.82, 2.24) is 15.2 Å². The van der Waals surface area contributed by atoms with Crippen molar-refractivity contribution in [3.63, 3.8) is 0 Å². The average molecular weight is 433 g/mol. The van der Waals surface area contributed by atoms with Crippen LogP contribution >= 0.6 is 0 Å². The second kappa shape index (κ2) is 9.62. The van der Waals surface area contributed by atoms with Crippen molar-refractivity contribution in [2.24, 2.45) is 0 Å². The Balaban J connectivity index is 1.18.